The van der Waals surface area contributed by atoms with Gasteiger partial charge in [0.2, 0.25) is 6.79 Å². The number of hydrogen-bond acceptors (Lipinski definition) is 5. The molecule has 0 atom stereocenters. The van der Waals surface area contributed by atoms with Crippen molar-refractivity contribution in [2.75, 3.05) is 32.2 Å². The van der Waals surface area contributed by atoms with Crippen LogP contribution in [0.4, 0.5) is 0 Å². The Morgan fingerprint density at radius 2 is 1.60 bits per heavy atom. The van der Waals surface area contributed by atoms with Gasteiger partial charge in [-0.1, -0.05) is 17.7 Å². The van der Waals surface area contributed by atoms with Gasteiger partial charge in [0.1, 0.15) is 0 Å². The van der Waals surface area contributed by atoms with E-state index in [0.29, 0.717) is 30.2 Å². The number of benzene rings is 2. The van der Waals surface area contributed by atoms with Gasteiger partial charge in [-0.05, 0) is 50.1 Å². The number of fused-ring (bicyclic) bond motifs is 1. The fourth-order valence-electron chi connectivity index (χ4n) is 4.43. The summed E-state index contributed by atoms with van der Waals surface area (Å²) in [6.07, 6.45) is 1.57. The van der Waals surface area contributed by atoms with E-state index in [1.165, 1.54) is 0 Å². The topological polar surface area (TPSA) is 59.1 Å². The molecular formula is C23H24N2O4S. The zero-order valence-electron chi connectivity index (χ0n) is 16.9. The van der Waals surface area contributed by atoms with Crippen molar-refractivity contribution in [1.82, 2.24) is 9.80 Å². The summed E-state index contributed by atoms with van der Waals surface area (Å²) in [5.41, 5.74) is 2.50. The number of aryl methyl sites for hydroxylation is 1. The number of likely N-dealkylation sites (tertiary alicyclic amines) is 1. The van der Waals surface area contributed by atoms with Crippen molar-refractivity contribution in [1.29, 1.82) is 0 Å². The normalized spacial score (nSPS) is 19.4. The molecule has 0 N–H and O–H groups in total. The third-order valence-corrected chi connectivity index (χ3v) is 7.73. The van der Waals surface area contributed by atoms with Crippen LogP contribution in [0.15, 0.2) is 42.5 Å². The molecule has 0 radical (unpaired) electrons. The second-order valence-electron chi connectivity index (χ2n) is 7.98. The Balaban J connectivity index is 1.28. The SMILES string of the molecule is Cc1ccc(C(=O)N2CCSC23CCN(C(=O)c2ccc4c(c2)OCO4)CC3)cc1. The van der Waals surface area contributed by atoms with Gasteiger partial charge in [-0.2, -0.15) is 0 Å². The van der Waals surface area contributed by atoms with Crippen molar-refractivity contribution < 1.29 is 19.1 Å². The summed E-state index contributed by atoms with van der Waals surface area (Å²) in [5, 5.41) is 0. The smallest absolute Gasteiger partial charge is 0.254 e. The number of nitrogens with zero attached hydrogens (tertiary/aromatic N) is 2. The van der Waals surface area contributed by atoms with E-state index >= 15 is 0 Å². The average molecular weight is 425 g/mol. The number of thioether (sulfide) groups is 1. The zero-order valence-corrected chi connectivity index (χ0v) is 17.7. The molecule has 2 aromatic rings. The first-order chi connectivity index (χ1) is 14.6. The molecular weight excluding hydrogens is 400 g/mol. The van der Waals surface area contributed by atoms with Gasteiger partial charge in [0.05, 0.1) is 4.87 Å². The summed E-state index contributed by atoms with van der Waals surface area (Å²) >= 11 is 1.86. The lowest BCUT2D eigenvalue weighted by atomic mass is 10.00. The molecule has 156 valence electrons. The van der Waals surface area contributed by atoms with Crippen molar-refractivity contribution in [3.05, 3.63) is 59.2 Å². The van der Waals surface area contributed by atoms with E-state index in [2.05, 4.69) is 0 Å². The number of amides is 2. The zero-order chi connectivity index (χ0) is 20.7. The maximum absolute atomic E-state index is 13.2. The Kier molecular flexibility index (Phi) is 4.85. The van der Waals surface area contributed by atoms with Crippen molar-refractivity contribution in [2.45, 2.75) is 24.6 Å². The van der Waals surface area contributed by atoms with Gasteiger partial charge in [-0.25, -0.2) is 0 Å². The molecule has 2 aromatic carbocycles. The summed E-state index contributed by atoms with van der Waals surface area (Å²) in [6.45, 7) is 4.25. The van der Waals surface area contributed by atoms with Crippen LogP contribution < -0.4 is 9.47 Å². The number of carbonyl (C=O) groups is 2. The Hall–Kier alpha value is -2.67. The number of carbonyl (C=O) groups excluding carboxylic acids is 2. The summed E-state index contributed by atoms with van der Waals surface area (Å²) in [4.78, 5) is 29.9. The van der Waals surface area contributed by atoms with Crippen molar-refractivity contribution in [2.24, 2.45) is 0 Å². The van der Waals surface area contributed by atoms with Crippen molar-refractivity contribution >= 4 is 23.6 Å². The van der Waals surface area contributed by atoms with Crippen LogP contribution in [-0.2, 0) is 0 Å². The van der Waals surface area contributed by atoms with Crippen LogP contribution in [0, 0.1) is 6.92 Å². The third-order valence-electron chi connectivity index (χ3n) is 6.17. The van der Waals surface area contributed by atoms with Gasteiger partial charge >= 0.3 is 0 Å². The summed E-state index contributed by atoms with van der Waals surface area (Å²) in [7, 11) is 0. The third kappa shape index (κ3) is 3.31. The number of rotatable bonds is 2. The standard InChI is InChI=1S/C23H24N2O4S/c1-16-2-4-17(5-3-16)22(27)25-12-13-30-23(25)8-10-24(11-9-23)21(26)18-6-7-19-20(14-18)29-15-28-19/h2-7,14H,8-13,15H2,1H3. The fourth-order valence-corrected chi connectivity index (χ4v) is 5.89. The molecule has 0 aliphatic carbocycles. The molecule has 7 heteroatoms. The van der Waals surface area contributed by atoms with Gasteiger partial charge in [0.25, 0.3) is 11.8 Å². The van der Waals surface area contributed by atoms with E-state index in [1.54, 1.807) is 18.2 Å². The van der Waals surface area contributed by atoms with Crippen LogP contribution in [0.3, 0.4) is 0 Å². The maximum Gasteiger partial charge on any atom is 0.254 e. The van der Waals surface area contributed by atoms with Crippen LogP contribution in [-0.4, -0.2) is 58.7 Å². The molecule has 6 nitrogen and oxygen atoms in total. The maximum atomic E-state index is 13.2. The van der Waals surface area contributed by atoms with Gasteiger partial charge < -0.3 is 19.3 Å². The molecule has 0 bridgehead atoms. The lowest BCUT2D eigenvalue weighted by molar-refractivity contribution is 0.0497. The highest BCUT2D eigenvalue weighted by Gasteiger charge is 2.47. The Morgan fingerprint density at radius 3 is 2.37 bits per heavy atom. The quantitative estimate of drug-likeness (QED) is 0.738. The van der Waals surface area contributed by atoms with Crippen LogP contribution in [0.5, 0.6) is 11.5 Å². The molecule has 0 saturated carbocycles. The first-order valence-electron chi connectivity index (χ1n) is 10.3. The van der Waals surface area contributed by atoms with E-state index in [4.69, 9.17) is 9.47 Å². The van der Waals surface area contributed by atoms with E-state index in [-0.39, 0.29) is 23.5 Å². The number of ether oxygens (including phenoxy) is 2. The summed E-state index contributed by atoms with van der Waals surface area (Å²) in [5.74, 6) is 2.33. The molecule has 30 heavy (non-hydrogen) atoms. The lowest BCUT2D eigenvalue weighted by Gasteiger charge is -2.44. The number of hydrogen-bond donors (Lipinski definition) is 0. The predicted molar refractivity (Wildman–Crippen MR) is 115 cm³/mol. The minimum absolute atomic E-state index is 0.00237. The molecule has 3 heterocycles. The molecule has 1 spiro atoms. The van der Waals surface area contributed by atoms with Gasteiger partial charge in [-0.3, -0.25) is 9.59 Å². The van der Waals surface area contributed by atoms with Crippen LogP contribution >= 0.6 is 11.8 Å². The lowest BCUT2D eigenvalue weighted by Crippen LogP contribution is -2.53. The van der Waals surface area contributed by atoms with Crippen LogP contribution in [0.2, 0.25) is 0 Å². The highest BCUT2D eigenvalue weighted by atomic mass is 32.2. The van der Waals surface area contributed by atoms with Crippen LogP contribution in [0.25, 0.3) is 0 Å². The van der Waals surface area contributed by atoms with Crippen molar-refractivity contribution in [3.63, 3.8) is 0 Å². The van der Waals surface area contributed by atoms with Gasteiger partial charge in [0, 0.05) is 36.5 Å². The van der Waals surface area contributed by atoms with E-state index in [1.807, 2.05) is 52.8 Å². The molecule has 3 aliphatic heterocycles. The molecule has 0 aromatic heterocycles. The largest absolute Gasteiger partial charge is 0.454 e. The monoisotopic (exact) mass is 424 g/mol. The first-order valence-corrected chi connectivity index (χ1v) is 11.3. The fraction of sp³-hybridized carbons (Fsp3) is 0.391. The second kappa shape index (κ2) is 7.54. The Bertz CT molecular complexity index is 983. The summed E-state index contributed by atoms with van der Waals surface area (Å²) < 4.78 is 10.7. The summed E-state index contributed by atoms with van der Waals surface area (Å²) in [6, 6.07) is 13.1. The van der Waals surface area contributed by atoms with Crippen LogP contribution in [0.1, 0.15) is 39.1 Å². The van der Waals surface area contributed by atoms with E-state index < -0.39 is 0 Å². The van der Waals surface area contributed by atoms with E-state index in [0.717, 1.165) is 36.3 Å². The second-order valence-corrected chi connectivity index (χ2v) is 9.43. The van der Waals surface area contributed by atoms with E-state index in [9.17, 15) is 9.59 Å². The molecule has 0 unspecified atom stereocenters. The highest BCUT2D eigenvalue weighted by molar-refractivity contribution is 8.00. The Morgan fingerprint density at radius 1 is 0.900 bits per heavy atom. The molecule has 2 fully saturated rings. The minimum atomic E-state index is -0.215. The molecule has 5 rings (SSSR count). The highest BCUT2D eigenvalue weighted by Crippen LogP contribution is 2.45. The average Bonchev–Trinajstić information content (AvgIpc) is 3.40. The molecule has 3 aliphatic rings. The Labute approximate surface area is 180 Å². The molecule has 2 amide bonds. The molecule has 2 saturated heterocycles. The number of piperidine rings is 1. The van der Waals surface area contributed by atoms with Gasteiger partial charge in [0.15, 0.2) is 11.5 Å². The van der Waals surface area contributed by atoms with Gasteiger partial charge in [-0.15, -0.1) is 11.8 Å². The first kappa shape index (κ1) is 19.3. The predicted octanol–water partition coefficient (Wildman–Crippen LogP) is 3.55. The van der Waals surface area contributed by atoms with Crippen molar-refractivity contribution in [3.8, 4) is 11.5 Å². The minimum Gasteiger partial charge on any atom is -0.454 e.